The molecule has 0 aliphatic rings. The summed E-state index contributed by atoms with van der Waals surface area (Å²) in [6, 6.07) is 12.6. The molecular formula is C20H16Br2N6O3. The van der Waals surface area contributed by atoms with Crippen molar-refractivity contribution in [2.24, 2.45) is 12.1 Å². The van der Waals surface area contributed by atoms with Gasteiger partial charge in [-0.25, -0.2) is 10.2 Å². The predicted octanol–water partition coefficient (Wildman–Crippen LogP) is 3.15. The van der Waals surface area contributed by atoms with Crippen molar-refractivity contribution in [2.45, 2.75) is 6.54 Å². The normalized spacial score (nSPS) is 11.5. The lowest BCUT2D eigenvalue weighted by Gasteiger charge is -2.09. The molecule has 31 heavy (non-hydrogen) atoms. The number of nitrogens with zero attached hydrogens (tertiary/aromatic N) is 4. The number of hydrogen-bond donors (Lipinski definition) is 3. The molecule has 0 spiro atoms. The minimum atomic E-state index is -0.557. The minimum Gasteiger partial charge on any atom is -0.507 e. The monoisotopic (exact) mass is 546 g/mol. The summed E-state index contributed by atoms with van der Waals surface area (Å²) in [6.07, 6.45) is 1.44. The number of imidazole rings is 1. The summed E-state index contributed by atoms with van der Waals surface area (Å²) in [5, 5.41) is 14.1. The van der Waals surface area contributed by atoms with Crippen LogP contribution in [-0.2, 0) is 13.6 Å². The Morgan fingerprint density at radius 1 is 1.19 bits per heavy atom. The van der Waals surface area contributed by atoms with E-state index in [0.29, 0.717) is 12.1 Å². The number of hydrogen-bond acceptors (Lipinski definition) is 6. The van der Waals surface area contributed by atoms with Crippen LogP contribution in [0, 0.1) is 0 Å². The first-order valence-corrected chi connectivity index (χ1v) is 10.6. The second-order valence-electron chi connectivity index (χ2n) is 6.72. The largest absolute Gasteiger partial charge is 0.507 e. The van der Waals surface area contributed by atoms with Crippen molar-refractivity contribution in [3.63, 3.8) is 0 Å². The summed E-state index contributed by atoms with van der Waals surface area (Å²) in [6.45, 7) is 0.317. The number of nitrogens with one attached hydrogen (secondary N) is 2. The summed E-state index contributed by atoms with van der Waals surface area (Å²) < 4.78 is 4.60. The van der Waals surface area contributed by atoms with Gasteiger partial charge in [-0.05, 0) is 35.9 Å². The standard InChI is InChI=1S/C20H16Br2N6O3/c1-27-17-16(18(30)25-20(27)31)28(10-11-3-2-4-13(21)7-11)19(24-17)26-23-9-12-8-14(22)5-6-15(12)29/h2-9,29H,10H2,1H3,(H,24,26)(H,25,30,31)/b23-9-. The topological polar surface area (TPSA) is 117 Å². The van der Waals surface area contributed by atoms with Crippen molar-refractivity contribution in [1.82, 2.24) is 19.1 Å². The lowest BCUT2D eigenvalue weighted by molar-refractivity contribution is 0.474. The SMILES string of the molecule is Cn1c(=O)[nH]c(=O)c2c1nc(N/N=C\c1cc(Br)ccc1O)n2Cc1cccc(Br)c1. The number of fused-ring (bicyclic) bond motifs is 1. The number of aromatic amines is 1. The molecule has 2 aromatic carbocycles. The zero-order chi connectivity index (χ0) is 22.1. The molecule has 0 saturated heterocycles. The Balaban J connectivity index is 1.80. The fourth-order valence-corrected chi connectivity index (χ4v) is 3.91. The number of aryl methyl sites for hydroxylation is 1. The Bertz CT molecular complexity index is 1440. The highest BCUT2D eigenvalue weighted by Crippen LogP contribution is 2.21. The Labute approximate surface area is 192 Å². The molecule has 3 N–H and O–H groups in total. The van der Waals surface area contributed by atoms with E-state index in [4.69, 9.17) is 0 Å². The predicted molar refractivity (Wildman–Crippen MR) is 126 cm³/mol. The van der Waals surface area contributed by atoms with Crippen LogP contribution in [0.5, 0.6) is 5.75 Å². The molecule has 11 heteroatoms. The lowest BCUT2D eigenvalue weighted by atomic mass is 10.2. The molecule has 2 heterocycles. The zero-order valence-corrected chi connectivity index (χ0v) is 19.3. The molecule has 0 saturated carbocycles. The fourth-order valence-electron chi connectivity index (χ4n) is 3.08. The number of anilines is 1. The zero-order valence-electron chi connectivity index (χ0n) is 16.1. The van der Waals surface area contributed by atoms with Gasteiger partial charge in [0, 0.05) is 21.6 Å². The van der Waals surface area contributed by atoms with Gasteiger partial charge in [0.15, 0.2) is 11.2 Å². The van der Waals surface area contributed by atoms with Crippen LogP contribution < -0.4 is 16.7 Å². The summed E-state index contributed by atoms with van der Waals surface area (Å²) in [7, 11) is 1.53. The molecule has 0 aliphatic carbocycles. The van der Waals surface area contributed by atoms with Crippen LogP contribution in [0.2, 0.25) is 0 Å². The highest BCUT2D eigenvalue weighted by Gasteiger charge is 2.17. The Hall–Kier alpha value is -3.18. The fraction of sp³-hybridized carbons (Fsp3) is 0.100. The number of phenols is 1. The second kappa shape index (κ2) is 8.52. The summed E-state index contributed by atoms with van der Waals surface area (Å²) in [5.41, 5.74) is 3.60. The Morgan fingerprint density at radius 3 is 2.74 bits per heavy atom. The molecule has 0 bridgehead atoms. The van der Waals surface area contributed by atoms with E-state index in [1.807, 2.05) is 24.3 Å². The molecule has 0 unspecified atom stereocenters. The van der Waals surface area contributed by atoms with E-state index in [-0.39, 0.29) is 22.9 Å². The van der Waals surface area contributed by atoms with Crippen molar-refractivity contribution in [3.8, 4) is 5.75 Å². The van der Waals surface area contributed by atoms with Gasteiger partial charge in [0.25, 0.3) is 5.56 Å². The van der Waals surface area contributed by atoms with E-state index in [0.717, 1.165) is 14.5 Å². The molecule has 2 aromatic heterocycles. The van der Waals surface area contributed by atoms with Crippen LogP contribution in [0.25, 0.3) is 11.2 Å². The average Bonchev–Trinajstić information content (AvgIpc) is 3.08. The number of aromatic hydroxyl groups is 1. The number of H-pyrrole nitrogens is 1. The third-order valence-electron chi connectivity index (χ3n) is 4.59. The number of aromatic nitrogens is 4. The summed E-state index contributed by atoms with van der Waals surface area (Å²) >= 11 is 6.80. The highest BCUT2D eigenvalue weighted by molar-refractivity contribution is 9.10. The molecule has 9 nitrogen and oxygen atoms in total. The van der Waals surface area contributed by atoms with Crippen LogP contribution >= 0.6 is 31.9 Å². The summed E-state index contributed by atoms with van der Waals surface area (Å²) in [5.74, 6) is 0.336. The van der Waals surface area contributed by atoms with Crippen molar-refractivity contribution in [2.75, 3.05) is 5.43 Å². The average molecular weight is 548 g/mol. The first-order chi connectivity index (χ1) is 14.8. The molecular weight excluding hydrogens is 532 g/mol. The Morgan fingerprint density at radius 2 is 1.97 bits per heavy atom. The van der Waals surface area contributed by atoms with Crippen molar-refractivity contribution >= 4 is 55.2 Å². The van der Waals surface area contributed by atoms with Crippen LogP contribution in [-0.4, -0.2) is 30.4 Å². The molecule has 0 amide bonds. The van der Waals surface area contributed by atoms with E-state index in [9.17, 15) is 14.7 Å². The highest BCUT2D eigenvalue weighted by atomic mass is 79.9. The van der Waals surface area contributed by atoms with Gasteiger partial charge in [0.1, 0.15) is 5.75 Å². The van der Waals surface area contributed by atoms with Crippen LogP contribution in [0.1, 0.15) is 11.1 Å². The van der Waals surface area contributed by atoms with Crippen LogP contribution in [0.3, 0.4) is 0 Å². The molecule has 158 valence electrons. The molecule has 0 fully saturated rings. The van der Waals surface area contributed by atoms with E-state index in [1.165, 1.54) is 17.8 Å². The van der Waals surface area contributed by atoms with E-state index in [1.54, 1.807) is 22.8 Å². The number of halogens is 2. The van der Waals surface area contributed by atoms with Gasteiger partial charge in [0.05, 0.1) is 12.8 Å². The van der Waals surface area contributed by atoms with E-state index in [2.05, 4.69) is 52.4 Å². The minimum absolute atomic E-state index is 0.0650. The smallest absolute Gasteiger partial charge is 0.329 e. The second-order valence-corrected chi connectivity index (χ2v) is 8.55. The molecule has 0 atom stereocenters. The van der Waals surface area contributed by atoms with Gasteiger partial charge in [-0.3, -0.25) is 18.9 Å². The van der Waals surface area contributed by atoms with Crippen LogP contribution in [0.4, 0.5) is 5.95 Å². The lowest BCUT2D eigenvalue weighted by Crippen LogP contribution is -2.29. The van der Waals surface area contributed by atoms with E-state index < -0.39 is 11.2 Å². The number of phenolic OH excluding ortho intramolecular Hbond substituents is 1. The number of benzene rings is 2. The van der Waals surface area contributed by atoms with Crippen molar-refractivity contribution in [3.05, 3.63) is 83.4 Å². The van der Waals surface area contributed by atoms with Gasteiger partial charge >= 0.3 is 5.69 Å². The van der Waals surface area contributed by atoms with E-state index >= 15 is 0 Å². The molecule has 4 aromatic rings. The van der Waals surface area contributed by atoms with Gasteiger partial charge in [0.2, 0.25) is 5.95 Å². The van der Waals surface area contributed by atoms with Crippen LogP contribution in [0.15, 0.2) is 66.1 Å². The van der Waals surface area contributed by atoms with Gasteiger partial charge in [-0.1, -0.05) is 44.0 Å². The maximum absolute atomic E-state index is 12.6. The maximum atomic E-state index is 12.6. The molecule has 0 radical (unpaired) electrons. The third-order valence-corrected chi connectivity index (χ3v) is 5.58. The first kappa shape index (κ1) is 21.1. The van der Waals surface area contributed by atoms with Gasteiger partial charge < -0.3 is 5.11 Å². The number of hydrazone groups is 1. The Kier molecular flexibility index (Phi) is 5.79. The first-order valence-electron chi connectivity index (χ1n) is 9.05. The van der Waals surface area contributed by atoms with Gasteiger partial charge in [-0.2, -0.15) is 10.1 Å². The number of rotatable bonds is 5. The molecule has 4 rings (SSSR count). The molecule has 0 aliphatic heterocycles. The quantitative estimate of drug-likeness (QED) is 0.262. The summed E-state index contributed by atoms with van der Waals surface area (Å²) in [4.78, 5) is 31.3. The maximum Gasteiger partial charge on any atom is 0.329 e. The van der Waals surface area contributed by atoms with Crippen molar-refractivity contribution in [1.29, 1.82) is 0 Å². The van der Waals surface area contributed by atoms with Crippen molar-refractivity contribution < 1.29 is 5.11 Å². The third kappa shape index (κ3) is 4.32. The van der Waals surface area contributed by atoms with Gasteiger partial charge in [-0.15, -0.1) is 0 Å².